The van der Waals surface area contributed by atoms with Gasteiger partial charge in [-0.1, -0.05) is 0 Å². The van der Waals surface area contributed by atoms with Gasteiger partial charge in [0.25, 0.3) is 5.91 Å². The van der Waals surface area contributed by atoms with Crippen molar-refractivity contribution in [1.29, 1.82) is 0 Å². The zero-order chi connectivity index (χ0) is 24.2. The second kappa shape index (κ2) is 9.76. The van der Waals surface area contributed by atoms with Crippen LogP contribution < -0.4 is 0 Å². The molecule has 1 amide bonds. The second-order valence-electron chi connectivity index (χ2n) is 7.46. The molecule has 7 nitrogen and oxygen atoms in total. The highest BCUT2D eigenvalue weighted by Gasteiger charge is 2.38. The van der Waals surface area contributed by atoms with Gasteiger partial charge in [0.15, 0.2) is 0 Å². The fourth-order valence-corrected chi connectivity index (χ4v) is 3.30. The van der Waals surface area contributed by atoms with Crippen molar-refractivity contribution in [2.24, 2.45) is 0 Å². The number of carbonyl (C=O) groups excluding carboxylic acids is 1. The van der Waals surface area contributed by atoms with Gasteiger partial charge < -0.3 is 10.0 Å². The third-order valence-corrected chi connectivity index (χ3v) is 5.17. The van der Waals surface area contributed by atoms with Gasteiger partial charge in [-0.3, -0.25) is 19.7 Å². The number of hydrogen-bond acceptors (Lipinski definition) is 5. The van der Waals surface area contributed by atoms with E-state index in [0.29, 0.717) is 18.7 Å². The summed E-state index contributed by atoms with van der Waals surface area (Å²) in [4.78, 5) is 36.7. The quantitative estimate of drug-likeness (QED) is 0.635. The third-order valence-electron chi connectivity index (χ3n) is 5.17. The summed E-state index contributed by atoms with van der Waals surface area (Å²) in [6.07, 6.45) is 2.81. The third kappa shape index (κ3) is 5.71. The Morgan fingerprint density at radius 2 is 1.76 bits per heavy atom. The Balaban J connectivity index is 0.000000383. The maximum absolute atomic E-state index is 13.0. The summed E-state index contributed by atoms with van der Waals surface area (Å²) in [5, 5.41) is 7.12. The van der Waals surface area contributed by atoms with Crippen LogP contribution in [0, 0.1) is 13.8 Å². The molecular formula is C23H21F3N4O3. The van der Waals surface area contributed by atoms with Gasteiger partial charge >= 0.3 is 12.1 Å². The predicted molar refractivity (Wildman–Crippen MR) is 113 cm³/mol. The zero-order valence-corrected chi connectivity index (χ0v) is 17.9. The molecule has 0 atom stereocenters. The van der Waals surface area contributed by atoms with Gasteiger partial charge in [0.05, 0.1) is 17.8 Å². The summed E-state index contributed by atoms with van der Waals surface area (Å²) < 4.78 is 31.7. The van der Waals surface area contributed by atoms with E-state index < -0.39 is 12.1 Å². The lowest BCUT2D eigenvalue weighted by atomic mass is 10.0. The van der Waals surface area contributed by atoms with E-state index >= 15 is 0 Å². The molecule has 172 valence electrons. The molecule has 3 aromatic rings. The highest BCUT2D eigenvalue weighted by molar-refractivity contribution is 6.03. The van der Waals surface area contributed by atoms with E-state index in [1.165, 1.54) is 11.1 Å². The first-order chi connectivity index (χ1) is 15.6. The van der Waals surface area contributed by atoms with Crippen molar-refractivity contribution >= 4 is 11.9 Å². The number of fused-ring (bicyclic) bond motifs is 1. The average molecular weight is 458 g/mol. The molecule has 0 bridgehead atoms. The lowest BCUT2D eigenvalue weighted by Crippen LogP contribution is -2.26. The molecule has 10 heteroatoms. The van der Waals surface area contributed by atoms with Crippen LogP contribution in [0.4, 0.5) is 13.2 Å². The van der Waals surface area contributed by atoms with Crippen LogP contribution in [0.1, 0.15) is 32.9 Å². The van der Waals surface area contributed by atoms with Crippen molar-refractivity contribution < 1.29 is 27.9 Å². The van der Waals surface area contributed by atoms with E-state index in [9.17, 15) is 18.0 Å². The molecule has 4 rings (SSSR count). The molecular weight excluding hydrogens is 437 g/mol. The van der Waals surface area contributed by atoms with E-state index in [1.54, 1.807) is 18.6 Å². The number of aromatic nitrogens is 3. The summed E-state index contributed by atoms with van der Waals surface area (Å²) in [6, 6.07) is 7.85. The first-order valence-corrected chi connectivity index (χ1v) is 9.97. The Hall–Kier alpha value is -3.82. The van der Waals surface area contributed by atoms with Gasteiger partial charge in [-0.2, -0.15) is 13.2 Å². The first kappa shape index (κ1) is 23.8. The molecule has 0 saturated heterocycles. The summed E-state index contributed by atoms with van der Waals surface area (Å²) in [5.41, 5.74) is 6.90. The Kier molecular flexibility index (Phi) is 7.05. The molecule has 1 aliphatic rings. The molecule has 0 aromatic carbocycles. The van der Waals surface area contributed by atoms with Crippen LogP contribution in [0.3, 0.4) is 0 Å². The van der Waals surface area contributed by atoms with Gasteiger partial charge in [-0.15, -0.1) is 0 Å². The maximum atomic E-state index is 13.0. The Morgan fingerprint density at radius 3 is 2.36 bits per heavy atom. The monoisotopic (exact) mass is 458 g/mol. The predicted octanol–water partition coefficient (Wildman–Crippen LogP) is 3.99. The van der Waals surface area contributed by atoms with E-state index in [-0.39, 0.29) is 5.91 Å². The Bertz CT molecular complexity index is 1170. The van der Waals surface area contributed by atoms with Crippen LogP contribution >= 0.6 is 0 Å². The number of rotatable bonds is 4. The number of amides is 1. The van der Waals surface area contributed by atoms with E-state index in [2.05, 4.69) is 34.9 Å². The number of pyridine rings is 3. The normalized spacial score (nSPS) is 12.8. The maximum Gasteiger partial charge on any atom is 0.490 e. The summed E-state index contributed by atoms with van der Waals surface area (Å²) in [6.45, 7) is 5.33. The van der Waals surface area contributed by atoms with Crippen LogP contribution in [0.5, 0.6) is 0 Å². The minimum atomic E-state index is -5.08. The second-order valence-corrected chi connectivity index (χ2v) is 7.46. The van der Waals surface area contributed by atoms with Crippen molar-refractivity contribution in [2.75, 3.05) is 6.54 Å². The van der Waals surface area contributed by atoms with Crippen molar-refractivity contribution in [3.63, 3.8) is 0 Å². The number of carboxylic acid groups (broad SMARTS) is 1. The van der Waals surface area contributed by atoms with E-state index in [4.69, 9.17) is 9.90 Å². The number of hydrogen-bond donors (Lipinski definition) is 1. The lowest BCUT2D eigenvalue weighted by molar-refractivity contribution is -0.192. The zero-order valence-electron chi connectivity index (χ0n) is 17.9. The molecule has 0 aliphatic carbocycles. The molecule has 1 aliphatic heterocycles. The van der Waals surface area contributed by atoms with Crippen molar-refractivity contribution in [2.45, 2.75) is 33.0 Å². The Morgan fingerprint density at radius 1 is 1.09 bits per heavy atom. The summed E-state index contributed by atoms with van der Waals surface area (Å²) in [5.74, 6) is -2.71. The molecule has 0 spiro atoms. The van der Waals surface area contributed by atoms with Gasteiger partial charge in [-0.05, 0) is 60.4 Å². The van der Waals surface area contributed by atoms with Crippen LogP contribution in [0.15, 0.2) is 49.1 Å². The minimum Gasteiger partial charge on any atom is -0.475 e. The molecule has 0 saturated carbocycles. The van der Waals surface area contributed by atoms with Crippen molar-refractivity contribution in [1.82, 2.24) is 19.9 Å². The number of halogens is 3. The minimum absolute atomic E-state index is 0.0451. The van der Waals surface area contributed by atoms with Crippen molar-refractivity contribution in [3.05, 3.63) is 77.1 Å². The fraction of sp³-hybridized carbons (Fsp3) is 0.261. The fourth-order valence-electron chi connectivity index (χ4n) is 3.30. The van der Waals surface area contributed by atoms with Gasteiger partial charge in [0, 0.05) is 43.4 Å². The van der Waals surface area contributed by atoms with E-state index in [0.717, 1.165) is 28.9 Å². The first-order valence-electron chi connectivity index (χ1n) is 9.97. The standard InChI is InChI=1S/C21H20N4O.C2HF3O2/c1-14-11-17(24-12-15(14)2)6-10-25-13-19-20(21(25)26)18(5-9-23-19)16-3-7-22-8-4-16;3-2(4,5)1(6)7/h3-5,7-9,11-12H,6,10,13H2,1-2H3;(H,6,7). The van der Waals surface area contributed by atoms with Gasteiger partial charge in [0.2, 0.25) is 0 Å². The highest BCUT2D eigenvalue weighted by atomic mass is 19.4. The smallest absolute Gasteiger partial charge is 0.475 e. The number of carbonyl (C=O) groups is 2. The number of aryl methyl sites for hydroxylation is 2. The molecule has 4 heterocycles. The largest absolute Gasteiger partial charge is 0.490 e. The van der Waals surface area contributed by atoms with Crippen molar-refractivity contribution in [3.8, 4) is 11.1 Å². The molecule has 0 radical (unpaired) electrons. The van der Waals surface area contributed by atoms with E-state index in [1.807, 2.05) is 29.3 Å². The molecule has 0 unspecified atom stereocenters. The topological polar surface area (TPSA) is 96.3 Å². The molecule has 33 heavy (non-hydrogen) atoms. The number of nitrogens with zero attached hydrogens (tertiary/aromatic N) is 4. The molecule has 1 N–H and O–H groups in total. The van der Waals surface area contributed by atoms with Gasteiger partial charge in [-0.25, -0.2) is 4.79 Å². The lowest BCUT2D eigenvalue weighted by Gasteiger charge is -2.15. The van der Waals surface area contributed by atoms with Crippen LogP contribution in [-0.4, -0.2) is 49.6 Å². The molecule has 0 fully saturated rings. The summed E-state index contributed by atoms with van der Waals surface area (Å²) in [7, 11) is 0. The van der Waals surface area contributed by atoms with Crippen LogP contribution in [0.25, 0.3) is 11.1 Å². The van der Waals surface area contributed by atoms with Gasteiger partial charge in [0.1, 0.15) is 0 Å². The number of aliphatic carboxylic acids is 1. The number of alkyl halides is 3. The SMILES string of the molecule is Cc1cnc(CCN2Cc3nccc(-c4ccncc4)c3C2=O)cc1C.O=C(O)C(F)(F)F. The molecule has 3 aromatic heterocycles. The average Bonchev–Trinajstić information content (AvgIpc) is 3.11. The van der Waals surface area contributed by atoms with Crippen LogP contribution in [0.2, 0.25) is 0 Å². The van der Waals surface area contributed by atoms with Crippen LogP contribution in [-0.2, 0) is 17.8 Å². The number of carboxylic acids is 1. The Labute approximate surface area is 187 Å². The highest BCUT2D eigenvalue weighted by Crippen LogP contribution is 2.31. The summed E-state index contributed by atoms with van der Waals surface area (Å²) >= 11 is 0.